The minimum atomic E-state index is 0.125. The summed E-state index contributed by atoms with van der Waals surface area (Å²) < 4.78 is 5.42. The van der Waals surface area contributed by atoms with Crippen LogP contribution in [0.3, 0.4) is 0 Å². The average Bonchev–Trinajstić information content (AvgIpc) is 3.05. The van der Waals surface area contributed by atoms with Gasteiger partial charge in [0.2, 0.25) is 5.91 Å². The number of likely N-dealkylation sites (tertiary alicyclic amines) is 1. The number of nitrogens with zero attached hydrogens (tertiary/aromatic N) is 2. The van der Waals surface area contributed by atoms with Crippen molar-refractivity contribution < 1.29 is 9.21 Å². The van der Waals surface area contributed by atoms with Gasteiger partial charge in [0, 0.05) is 25.4 Å². The number of benzene rings is 1. The summed E-state index contributed by atoms with van der Waals surface area (Å²) in [5, 5.41) is 0. The molecule has 116 valence electrons. The third-order valence-corrected chi connectivity index (χ3v) is 4.52. The van der Waals surface area contributed by atoms with E-state index < -0.39 is 0 Å². The van der Waals surface area contributed by atoms with Gasteiger partial charge in [0.25, 0.3) is 0 Å². The van der Waals surface area contributed by atoms with Crippen molar-refractivity contribution >= 4 is 5.91 Å². The zero-order valence-corrected chi connectivity index (χ0v) is 13.4. The molecule has 4 heteroatoms. The standard InChI is InChI=1S/C18H22N2O2/c1-12-6-4-5-7-17(12)15-8-13(2)20(11-15)18(21)9-16-10-19-14(3)22-16/h4-7,10,13,15H,8-9,11H2,1-3H3. The van der Waals surface area contributed by atoms with Crippen molar-refractivity contribution in [2.75, 3.05) is 6.54 Å². The smallest absolute Gasteiger partial charge is 0.230 e. The fraction of sp³-hybridized carbons (Fsp3) is 0.444. The van der Waals surface area contributed by atoms with Crippen molar-refractivity contribution in [3.05, 3.63) is 53.2 Å². The van der Waals surface area contributed by atoms with Gasteiger partial charge >= 0.3 is 0 Å². The first-order valence-corrected chi connectivity index (χ1v) is 7.81. The SMILES string of the molecule is Cc1ncc(CC(=O)N2CC(c3ccccc3C)CC2C)o1. The number of oxazole rings is 1. The zero-order chi connectivity index (χ0) is 15.7. The second kappa shape index (κ2) is 5.95. The van der Waals surface area contributed by atoms with E-state index in [2.05, 4.69) is 43.1 Å². The van der Waals surface area contributed by atoms with Crippen molar-refractivity contribution in [1.29, 1.82) is 0 Å². The van der Waals surface area contributed by atoms with Crippen LogP contribution in [0.1, 0.15) is 42.0 Å². The Bertz CT molecular complexity index is 677. The molecule has 1 aromatic carbocycles. The molecule has 1 amide bonds. The molecule has 0 bridgehead atoms. The highest BCUT2D eigenvalue weighted by molar-refractivity contribution is 5.79. The summed E-state index contributed by atoms with van der Waals surface area (Å²) in [7, 11) is 0. The molecule has 0 aliphatic carbocycles. The molecule has 1 aromatic heterocycles. The summed E-state index contributed by atoms with van der Waals surface area (Å²) in [5.41, 5.74) is 2.67. The summed E-state index contributed by atoms with van der Waals surface area (Å²) in [6, 6.07) is 8.73. The summed E-state index contributed by atoms with van der Waals surface area (Å²) in [6.07, 6.45) is 2.96. The molecule has 1 saturated heterocycles. The molecule has 2 atom stereocenters. The molecule has 1 aliphatic heterocycles. The maximum Gasteiger partial charge on any atom is 0.230 e. The molecule has 0 spiro atoms. The molecule has 0 saturated carbocycles. The first kappa shape index (κ1) is 14.8. The lowest BCUT2D eigenvalue weighted by Crippen LogP contribution is -2.35. The maximum absolute atomic E-state index is 12.5. The lowest BCUT2D eigenvalue weighted by molar-refractivity contribution is -0.131. The van der Waals surface area contributed by atoms with E-state index in [0.717, 1.165) is 13.0 Å². The first-order valence-electron chi connectivity index (χ1n) is 7.81. The molecule has 0 N–H and O–H groups in total. The number of hydrogen-bond acceptors (Lipinski definition) is 3. The lowest BCUT2D eigenvalue weighted by Gasteiger charge is -2.21. The third kappa shape index (κ3) is 2.91. The van der Waals surface area contributed by atoms with Crippen molar-refractivity contribution in [3.8, 4) is 0 Å². The van der Waals surface area contributed by atoms with E-state index in [1.54, 1.807) is 13.1 Å². The topological polar surface area (TPSA) is 46.3 Å². The molecule has 0 radical (unpaired) electrons. The van der Waals surface area contributed by atoms with Gasteiger partial charge in [-0.05, 0) is 31.4 Å². The van der Waals surface area contributed by atoms with Crippen molar-refractivity contribution in [2.24, 2.45) is 0 Å². The highest BCUT2D eigenvalue weighted by atomic mass is 16.4. The van der Waals surface area contributed by atoms with Crippen LogP contribution in [0, 0.1) is 13.8 Å². The van der Waals surface area contributed by atoms with E-state index in [-0.39, 0.29) is 11.9 Å². The Kier molecular flexibility index (Phi) is 4.01. The van der Waals surface area contributed by atoms with E-state index in [1.165, 1.54) is 11.1 Å². The van der Waals surface area contributed by atoms with Crippen molar-refractivity contribution in [3.63, 3.8) is 0 Å². The molecule has 2 aromatic rings. The maximum atomic E-state index is 12.5. The van der Waals surface area contributed by atoms with E-state index in [4.69, 9.17) is 4.42 Å². The fourth-order valence-electron chi connectivity index (χ4n) is 3.39. The van der Waals surface area contributed by atoms with Crippen LogP contribution in [0.4, 0.5) is 0 Å². The molecule has 2 heterocycles. The first-order chi connectivity index (χ1) is 10.5. The number of aryl methyl sites for hydroxylation is 2. The van der Waals surface area contributed by atoms with E-state index in [1.807, 2.05) is 4.90 Å². The predicted molar refractivity (Wildman–Crippen MR) is 84.7 cm³/mol. The fourth-order valence-corrected chi connectivity index (χ4v) is 3.39. The van der Waals surface area contributed by atoms with Crippen LogP contribution in [0.15, 0.2) is 34.9 Å². The minimum Gasteiger partial charge on any atom is -0.446 e. The van der Waals surface area contributed by atoms with Gasteiger partial charge in [0.05, 0.1) is 12.6 Å². The van der Waals surface area contributed by atoms with Gasteiger partial charge in [-0.1, -0.05) is 24.3 Å². The van der Waals surface area contributed by atoms with Crippen LogP contribution in [0.5, 0.6) is 0 Å². The zero-order valence-electron chi connectivity index (χ0n) is 13.4. The van der Waals surface area contributed by atoms with Gasteiger partial charge in [0.15, 0.2) is 5.89 Å². The molecule has 2 unspecified atom stereocenters. The second-order valence-corrected chi connectivity index (χ2v) is 6.21. The van der Waals surface area contributed by atoms with Crippen LogP contribution in [0.2, 0.25) is 0 Å². The summed E-state index contributed by atoms with van der Waals surface area (Å²) in [4.78, 5) is 18.6. The Hall–Kier alpha value is -2.10. The Morgan fingerprint density at radius 3 is 2.82 bits per heavy atom. The van der Waals surface area contributed by atoms with Gasteiger partial charge in [0.1, 0.15) is 5.76 Å². The number of amides is 1. The highest BCUT2D eigenvalue weighted by Gasteiger charge is 2.33. The average molecular weight is 298 g/mol. The molecule has 3 rings (SSSR count). The number of carbonyl (C=O) groups excluding carboxylic acids is 1. The van der Waals surface area contributed by atoms with Crippen LogP contribution in [0.25, 0.3) is 0 Å². The normalized spacial score (nSPS) is 21.3. The molecular formula is C18H22N2O2. The van der Waals surface area contributed by atoms with Crippen LogP contribution in [-0.4, -0.2) is 28.4 Å². The van der Waals surface area contributed by atoms with Gasteiger partial charge < -0.3 is 9.32 Å². The lowest BCUT2D eigenvalue weighted by atomic mass is 9.93. The quantitative estimate of drug-likeness (QED) is 0.874. The molecule has 22 heavy (non-hydrogen) atoms. The van der Waals surface area contributed by atoms with Crippen LogP contribution in [-0.2, 0) is 11.2 Å². The molecule has 1 fully saturated rings. The monoisotopic (exact) mass is 298 g/mol. The van der Waals surface area contributed by atoms with Gasteiger partial charge in [-0.25, -0.2) is 4.98 Å². The van der Waals surface area contributed by atoms with Crippen molar-refractivity contribution in [1.82, 2.24) is 9.88 Å². The second-order valence-electron chi connectivity index (χ2n) is 6.21. The number of hydrogen-bond donors (Lipinski definition) is 0. The summed E-state index contributed by atoms with van der Waals surface area (Å²) >= 11 is 0. The Morgan fingerprint density at radius 1 is 1.36 bits per heavy atom. The van der Waals surface area contributed by atoms with Gasteiger partial charge in [-0.2, -0.15) is 0 Å². The minimum absolute atomic E-state index is 0.125. The van der Waals surface area contributed by atoms with Gasteiger partial charge in [-0.15, -0.1) is 0 Å². The number of carbonyl (C=O) groups is 1. The Labute approximate surface area is 131 Å². The number of aromatic nitrogens is 1. The van der Waals surface area contributed by atoms with E-state index in [9.17, 15) is 4.79 Å². The molecule has 4 nitrogen and oxygen atoms in total. The molecule has 1 aliphatic rings. The van der Waals surface area contributed by atoms with E-state index >= 15 is 0 Å². The largest absolute Gasteiger partial charge is 0.446 e. The van der Waals surface area contributed by atoms with Gasteiger partial charge in [-0.3, -0.25) is 4.79 Å². The Morgan fingerprint density at radius 2 is 2.14 bits per heavy atom. The van der Waals surface area contributed by atoms with Crippen LogP contribution < -0.4 is 0 Å². The van der Waals surface area contributed by atoms with Crippen LogP contribution >= 0.6 is 0 Å². The van der Waals surface area contributed by atoms with Crippen molar-refractivity contribution in [2.45, 2.75) is 45.6 Å². The Balaban J connectivity index is 1.70. The predicted octanol–water partition coefficient (Wildman–Crippen LogP) is 3.24. The third-order valence-electron chi connectivity index (χ3n) is 4.52. The molecular weight excluding hydrogens is 276 g/mol. The summed E-state index contributed by atoms with van der Waals surface area (Å²) in [6.45, 7) is 6.85. The number of rotatable bonds is 3. The van der Waals surface area contributed by atoms with E-state index in [0.29, 0.717) is 24.0 Å². The highest BCUT2D eigenvalue weighted by Crippen LogP contribution is 2.33. The summed E-state index contributed by atoms with van der Waals surface area (Å²) in [5.74, 6) is 1.81.